The van der Waals surface area contributed by atoms with Crippen LogP contribution >= 0.6 is 0 Å². The van der Waals surface area contributed by atoms with E-state index in [1.807, 2.05) is 0 Å². The van der Waals surface area contributed by atoms with E-state index < -0.39 is 8.07 Å². The van der Waals surface area contributed by atoms with Crippen molar-refractivity contribution >= 4 is 19.1 Å². The van der Waals surface area contributed by atoms with E-state index in [-0.39, 0.29) is 16.4 Å². The molecule has 0 saturated heterocycles. The fraction of sp³-hybridized carbons (Fsp3) is 0.326. The second-order valence-corrected chi connectivity index (χ2v) is 21.9. The van der Waals surface area contributed by atoms with Crippen molar-refractivity contribution in [3.63, 3.8) is 0 Å². The summed E-state index contributed by atoms with van der Waals surface area (Å²) >= 11 is 0. The van der Waals surface area contributed by atoms with Gasteiger partial charge in [0, 0.05) is 18.2 Å². The van der Waals surface area contributed by atoms with Gasteiger partial charge in [-0.15, -0.1) is 0 Å². The van der Waals surface area contributed by atoms with Crippen molar-refractivity contribution in [1.82, 2.24) is 14.9 Å². The predicted molar refractivity (Wildman–Crippen MR) is 207 cm³/mol. The molecule has 48 heavy (non-hydrogen) atoms. The smallest absolute Gasteiger partial charge is 0.144 e. The second-order valence-electron chi connectivity index (χ2n) is 16.8. The van der Waals surface area contributed by atoms with Gasteiger partial charge in [-0.1, -0.05) is 122 Å². The molecule has 4 aromatic carbocycles. The summed E-state index contributed by atoms with van der Waals surface area (Å²) in [6, 6.07) is 28.2. The number of hydrogen-bond acceptors (Lipinski definition) is 3. The van der Waals surface area contributed by atoms with Crippen molar-refractivity contribution in [2.45, 2.75) is 84.5 Å². The fourth-order valence-corrected chi connectivity index (χ4v) is 7.69. The number of aromatic nitrogens is 2. The summed E-state index contributed by atoms with van der Waals surface area (Å²) in [5.74, 6) is 1.07. The Morgan fingerprint density at radius 2 is 1.46 bits per heavy atom. The van der Waals surface area contributed by atoms with Gasteiger partial charge in [0.15, 0.2) is 0 Å². The summed E-state index contributed by atoms with van der Waals surface area (Å²) < 4.78 is 2.13. The molecule has 248 valence electrons. The summed E-state index contributed by atoms with van der Waals surface area (Å²) in [4.78, 5) is 5.33. The normalized spacial score (nSPS) is 17.0. The van der Waals surface area contributed by atoms with E-state index in [4.69, 9.17) is 4.98 Å². The monoisotopic (exact) mass is 653 g/mol. The Morgan fingerprint density at radius 3 is 2.06 bits per heavy atom. The molecule has 0 unspecified atom stereocenters. The molecular formula is C43H51N3OSi. The van der Waals surface area contributed by atoms with Gasteiger partial charge in [-0.2, -0.15) is 0 Å². The lowest BCUT2D eigenvalue weighted by molar-refractivity contribution is 0.446. The first-order chi connectivity index (χ1) is 22.4. The number of phenols is 1. The molecule has 6 rings (SSSR count). The summed E-state index contributed by atoms with van der Waals surface area (Å²) in [6.07, 6.45) is 6.88. The number of aryl methyl sites for hydroxylation is 1. The third-order valence-corrected chi connectivity index (χ3v) is 11.9. The van der Waals surface area contributed by atoms with E-state index in [1.54, 1.807) is 0 Å². The molecule has 2 N–H and O–H groups in total. The molecule has 1 aliphatic rings. The van der Waals surface area contributed by atoms with Crippen molar-refractivity contribution < 1.29 is 5.11 Å². The fourth-order valence-electron chi connectivity index (χ4n) is 6.60. The molecule has 0 aliphatic carbocycles. The van der Waals surface area contributed by atoms with Crippen LogP contribution in [0.15, 0.2) is 102 Å². The third-order valence-electron chi connectivity index (χ3n) is 9.88. The third kappa shape index (κ3) is 6.16. The lowest BCUT2D eigenvalue weighted by Gasteiger charge is -2.34. The van der Waals surface area contributed by atoms with Gasteiger partial charge >= 0.3 is 0 Å². The first-order valence-electron chi connectivity index (χ1n) is 17.1. The Labute approximate surface area is 288 Å². The van der Waals surface area contributed by atoms with E-state index in [2.05, 4.69) is 182 Å². The molecule has 0 saturated carbocycles. The highest BCUT2D eigenvalue weighted by atomic mass is 28.3. The number of hydrogen-bond donors (Lipinski definition) is 2. The van der Waals surface area contributed by atoms with Gasteiger partial charge in [-0.3, -0.25) is 0 Å². The minimum absolute atomic E-state index is 0.0881. The number of benzene rings is 4. The largest absolute Gasteiger partial charge is 0.507 e. The molecule has 1 atom stereocenters. The van der Waals surface area contributed by atoms with Crippen molar-refractivity contribution in [2.75, 3.05) is 0 Å². The topological polar surface area (TPSA) is 50.1 Å². The summed E-state index contributed by atoms with van der Waals surface area (Å²) in [5.41, 5.74) is 9.86. The number of imidazole rings is 1. The number of rotatable bonds is 5. The van der Waals surface area contributed by atoms with Gasteiger partial charge in [-0.25, -0.2) is 4.98 Å². The molecule has 2 heterocycles. The van der Waals surface area contributed by atoms with Crippen molar-refractivity contribution in [2.24, 2.45) is 7.05 Å². The molecule has 0 bridgehead atoms. The number of nitrogens with one attached hydrogen (secondary N) is 1. The Kier molecular flexibility index (Phi) is 8.15. The number of para-hydroxylation sites is 1. The van der Waals surface area contributed by atoms with Crippen molar-refractivity contribution in [3.8, 4) is 39.4 Å². The highest BCUT2D eigenvalue weighted by Crippen LogP contribution is 2.44. The van der Waals surface area contributed by atoms with Gasteiger partial charge in [0.05, 0.1) is 30.2 Å². The van der Waals surface area contributed by atoms with E-state index >= 15 is 0 Å². The Bertz CT molecular complexity index is 2080. The zero-order valence-corrected chi connectivity index (χ0v) is 31.6. The lowest BCUT2D eigenvalue weighted by Crippen LogP contribution is -2.39. The van der Waals surface area contributed by atoms with Crippen LogP contribution in [0.2, 0.25) is 19.6 Å². The van der Waals surface area contributed by atoms with Crippen LogP contribution in [0.4, 0.5) is 0 Å². The van der Waals surface area contributed by atoms with Gasteiger partial charge in [0.25, 0.3) is 0 Å². The maximum absolute atomic E-state index is 11.8. The highest BCUT2D eigenvalue weighted by Gasteiger charge is 2.30. The number of aromatic hydroxyl groups is 1. The summed E-state index contributed by atoms with van der Waals surface area (Å²) in [7, 11) is 0.598. The van der Waals surface area contributed by atoms with Crippen LogP contribution in [0, 0.1) is 0 Å². The van der Waals surface area contributed by atoms with Crippen LogP contribution in [0.5, 0.6) is 5.75 Å². The van der Waals surface area contributed by atoms with E-state index in [0.717, 1.165) is 44.7 Å². The maximum Gasteiger partial charge on any atom is 0.144 e. The van der Waals surface area contributed by atoms with Crippen LogP contribution in [-0.4, -0.2) is 22.7 Å². The second kappa shape index (κ2) is 11.7. The predicted octanol–water partition coefficient (Wildman–Crippen LogP) is 11.0. The Balaban J connectivity index is 1.56. The van der Waals surface area contributed by atoms with Gasteiger partial charge in [0.2, 0.25) is 0 Å². The van der Waals surface area contributed by atoms with Crippen LogP contribution in [0.25, 0.3) is 44.7 Å². The SMILES string of the molecule is Cn1c(-c2cc(C(C)(C)C)cc(C(C)(C)C)c2O)nc2c(-c3cc(-c4ccccc4)cc([C@]4(C)C=CC([Si](C)(C)C)=CN4)c3)cccc21. The van der Waals surface area contributed by atoms with Crippen LogP contribution in [0.3, 0.4) is 0 Å². The van der Waals surface area contributed by atoms with Gasteiger partial charge < -0.3 is 15.0 Å². The number of dihydropyridines is 1. The van der Waals surface area contributed by atoms with Gasteiger partial charge in [0.1, 0.15) is 11.6 Å². The Morgan fingerprint density at radius 1 is 0.771 bits per heavy atom. The molecule has 5 heteroatoms. The van der Waals surface area contributed by atoms with Crippen LogP contribution < -0.4 is 5.32 Å². The van der Waals surface area contributed by atoms with Crippen molar-refractivity contribution in [3.05, 3.63) is 119 Å². The van der Waals surface area contributed by atoms with E-state index in [9.17, 15) is 5.11 Å². The van der Waals surface area contributed by atoms with E-state index in [1.165, 1.54) is 21.9 Å². The molecule has 0 spiro atoms. The minimum Gasteiger partial charge on any atom is -0.507 e. The number of allylic oxidation sites excluding steroid dienone is 2. The first-order valence-corrected chi connectivity index (χ1v) is 20.6. The number of phenolic OH excluding ortho intramolecular Hbond substituents is 1. The molecule has 0 amide bonds. The molecule has 5 aromatic rings. The molecule has 0 radical (unpaired) electrons. The maximum atomic E-state index is 11.8. The molecular weight excluding hydrogens is 603 g/mol. The van der Waals surface area contributed by atoms with Crippen LogP contribution in [0.1, 0.15) is 65.2 Å². The minimum atomic E-state index is -1.46. The average Bonchev–Trinajstić information content (AvgIpc) is 3.36. The molecule has 4 nitrogen and oxygen atoms in total. The first kappa shape index (κ1) is 33.5. The summed E-state index contributed by atoms with van der Waals surface area (Å²) in [5, 5.41) is 17.0. The average molecular weight is 654 g/mol. The lowest BCUT2D eigenvalue weighted by atomic mass is 9.79. The molecule has 0 fully saturated rings. The zero-order chi connectivity index (χ0) is 34.8. The standard InChI is InChI=1S/C43H51N3OSi/c1-41(2,3)31-25-35(39(47)36(26-31)42(4,5)6)40-45-38-34(18-15-19-37(38)46(40)8)30-22-29(28-16-13-12-14-17-28)23-32(24-30)43(7)21-20-33(27-44-43)48(9,10)11/h12-27,44,47H,1-11H3/t43-/m0/s1. The quantitative estimate of drug-likeness (QED) is 0.186. The number of nitrogens with zero attached hydrogens (tertiary/aromatic N) is 2. The van der Waals surface area contributed by atoms with E-state index in [0.29, 0.717) is 5.75 Å². The summed E-state index contributed by atoms with van der Waals surface area (Å²) in [6.45, 7) is 22.5. The molecule has 1 aromatic heterocycles. The van der Waals surface area contributed by atoms with Gasteiger partial charge in [-0.05, 0) is 87.3 Å². The van der Waals surface area contributed by atoms with Crippen LogP contribution in [-0.2, 0) is 23.4 Å². The highest BCUT2D eigenvalue weighted by molar-refractivity contribution is 6.83. The Hall–Kier alpha value is -4.35. The molecule has 1 aliphatic heterocycles. The zero-order valence-electron chi connectivity index (χ0n) is 30.6. The van der Waals surface area contributed by atoms with Crippen molar-refractivity contribution in [1.29, 1.82) is 0 Å². The number of fused-ring (bicyclic) bond motifs is 1.